The topological polar surface area (TPSA) is 60.9 Å². The Morgan fingerprint density at radius 3 is 2.63 bits per heavy atom. The van der Waals surface area contributed by atoms with Crippen molar-refractivity contribution in [1.82, 2.24) is 9.88 Å². The van der Waals surface area contributed by atoms with Crippen LogP contribution in [0.4, 0.5) is 0 Å². The van der Waals surface area contributed by atoms with Crippen molar-refractivity contribution in [3.63, 3.8) is 0 Å². The fraction of sp³-hybridized carbons (Fsp3) is 0.500. The van der Waals surface area contributed by atoms with Crippen molar-refractivity contribution in [1.29, 1.82) is 0 Å². The summed E-state index contributed by atoms with van der Waals surface area (Å²) in [6, 6.07) is 7.52. The summed E-state index contributed by atoms with van der Waals surface area (Å²) in [5, 5.41) is 2.84. The molecule has 2 aromatic rings. The van der Waals surface area contributed by atoms with Crippen LogP contribution in [0.5, 0.6) is 11.5 Å². The van der Waals surface area contributed by atoms with Crippen molar-refractivity contribution in [2.75, 3.05) is 27.4 Å². The van der Waals surface area contributed by atoms with Crippen LogP contribution in [0, 0.1) is 5.92 Å². The number of ether oxygens (including phenoxy) is 3. The van der Waals surface area contributed by atoms with Gasteiger partial charge in [-0.1, -0.05) is 26.0 Å². The van der Waals surface area contributed by atoms with E-state index in [9.17, 15) is 4.79 Å². The molecule has 0 N–H and O–H groups in total. The number of amides is 1. The molecular formula is C20H28N2O4S. The number of carbonyl (C=O) groups is 1. The number of rotatable bonds is 11. The summed E-state index contributed by atoms with van der Waals surface area (Å²) in [5.74, 6) is 1.83. The summed E-state index contributed by atoms with van der Waals surface area (Å²) in [4.78, 5) is 18.9. The number of nitrogens with zero attached hydrogens (tertiary/aromatic N) is 2. The highest BCUT2D eigenvalue weighted by atomic mass is 32.1. The zero-order valence-corrected chi connectivity index (χ0v) is 17.3. The Morgan fingerprint density at radius 2 is 1.96 bits per heavy atom. The average molecular weight is 393 g/mol. The first-order chi connectivity index (χ1) is 13.0. The summed E-state index contributed by atoms with van der Waals surface area (Å²) in [5.41, 5.74) is 0.867. The van der Waals surface area contributed by atoms with Crippen LogP contribution in [0.15, 0.2) is 29.6 Å². The van der Waals surface area contributed by atoms with Gasteiger partial charge in [-0.05, 0) is 18.1 Å². The minimum atomic E-state index is 0.127. The Balaban J connectivity index is 1.96. The van der Waals surface area contributed by atoms with Gasteiger partial charge in [0.05, 0.1) is 26.0 Å². The second-order valence-corrected chi connectivity index (χ2v) is 7.52. The number of carbonyl (C=O) groups excluding carboxylic acids is 1. The van der Waals surface area contributed by atoms with Gasteiger partial charge in [-0.2, -0.15) is 0 Å². The number of hydrogen-bond acceptors (Lipinski definition) is 6. The molecular weight excluding hydrogens is 364 g/mol. The van der Waals surface area contributed by atoms with E-state index in [1.54, 1.807) is 14.2 Å². The molecule has 0 bridgehead atoms. The monoisotopic (exact) mass is 392 g/mol. The smallest absolute Gasteiger partial charge is 0.223 e. The molecule has 27 heavy (non-hydrogen) atoms. The highest BCUT2D eigenvalue weighted by Crippen LogP contribution is 2.27. The highest BCUT2D eigenvalue weighted by molar-refractivity contribution is 7.09. The standard InChI is InChI=1S/C20H28N2O4S/c1-15(2)11-20(23)22(9-10-24-3)12-16-14-27-19(21-16)13-26-18-8-6-5-7-17(18)25-4/h5-8,14-15H,9-13H2,1-4H3. The number of thiazole rings is 1. The van der Waals surface area contributed by atoms with Crippen molar-refractivity contribution < 1.29 is 19.0 Å². The Morgan fingerprint density at radius 1 is 1.22 bits per heavy atom. The number of para-hydroxylation sites is 2. The van der Waals surface area contributed by atoms with E-state index in [4.69, 9.17) is 14.2 Å². The summed E-state index contributed by atoms with van der Waals surface area (Å²) in [6.07, 6.45) is 0.525. The molecule has 0 saturated carbocycles. The maximum atomic E-state index is 12.5. The van der Waals surface area contributed by atoms with Crippen molar-refractivity contribution in [2.45, 2.75) is 33.4 Å². The molecule has 0 aliphatic rings. The quantitative estimate of drug-likeness (QED) is 0.583. The SMILES string of the molecule is COCCN(Cc1csc(COc2ccccc2OC)n1)C(=O)CC(C)C. The van der Waals surface area contributed by atoms with Gasteiger partial charge in [0, 0.05) is 25.5 Å². The molecule has 2 rings (SSSR count). The molecule has 0 fully saturated rings. The van der Waals surface area contributed by atoms with Crippen molar-refractivity contribution in [3.05, 3.63) is 40.3 Å². The zero-order valence-electron chi connectivity index (χ0n) is 16.4. The fourth-order valence-electron chi connectivity index (χ4n) is 2.53. The third-order valence-electron chi connectivity index (χ3n) is 3.87. The van der Waals surface area contributed by atoms with Gasteiger partial charge < -0.3 is 19.1 Å². The molecule has 0 unspecified atom stereocenters. The molecule has 0 radical (unpaired) electrons. The first-order valence-corrected chi connectivity index (χ1v) is 9.87. The summed E-state index contributed by atoms with van der Waals surface area (Å²) in [7, 11) is 3.26. The lowest BCUT2D eigenvalue weighted by Gasteiger charge is -2.22. The lowest BCUT2D eigenvalue weighted by molar-refractivity contribution is -0.133. The normalized spacial score (nSPS) is 10.9. The van der Waals surface area contributed by atoms with Crippen LogP contribution >= 0.6 is 11.3 Å². The van der Waals surface area contributed by atoms with E-state index in [0.29, 0.717) is 50.1 Å². The summed E-state index contributed by atoms with van der Waals surface area (Å²) in [6.45, 7) is 6.01. The Bertz CT molecular complexity index is 718. The molecule has 1 aromatic heterocycles. The maximum absolute atomic E-state index is 12.5. The number of aromatic nitrogens is 1. The van der Waals surface area contributed by atoms with Crippen LogP contribution in [-0.2, 0) is 22.7 Å². The fourth-order valence-corrected chi connectivity index (χ4v) is 3.23. The number of hydrogen-bond donors (Lipinski definition) is 0. The van der Waals surface area contributed by atoms with Crippen LogP contribution in [-0.4, -0.2) is 43.2 Å². The summed E-state index contributed by atoms with van der Waals surface area (Å²) >= 11 is 1.53. The molecule has 6 nitrogen and oxygen atoms in total. The van der Waals surface area contributed by atoms with E-state index in [0.717, 1.165) is 10.7 Å². The molecule has 1 amide bonds. The van der Waals surface area contributed by atoms with Crippen LogP contribution in [0.1, 0.15) is 31.0 Å². The van der Waals surface area contributed by atoms with Crippen molar-refractivity contribution in [3.8, 4) is 11.5 Å². The van der Waals surface area contributed by atoms with Gasteiger partial charge in [-0.25, -0.2) is 4.98 Å². The van der Waals surface area contributed by atoms with Gasteiger partial charge in [0.25, 0.3) is 0 Å². The molecule has 1 heterocycles. The predicted octanol–water partition coefficient (Wildman–Crippen LogP) is 3.75. The minimum absolute atomic E-state index is 0.127. The van der Waals surface area contributed by atoms with Gasteiger partial charge in [-0.15, -0.1) is 11.3 Å². The average Bonchev–Trinajstić information content (AvgIpc) is 3.10. The second kappa shape index (κ2) is 10.9. The van der Waals surface area contributed by atoms with Crippen LogP contribution < -0.4 is 9.47 Å². The minimum Gasteiger partial charge on any atom is -0.493 e. The van der Waals surface area contributed by atoms with Crippen molar-refractivity contribution >= 4 is 17.2 Å². The van der Waals surface area contributed by atoms with Gasteiger partial charge in [0.1, 0.15) is 11.6 Å². The predicted molar refractivity (Wildman–Crippen MR) is 106 cm³/mol. The molecule has 148 valence electrons. The van der Waals surface area contributed by atoms with E-state index in [1.165, 1.54) is 11.3 Å². The molecule has 0 aliphatic heterocycles. The van der Waals surface area contributed by atoms with Crippen LogP contribution in [0.25, 0.3) is 0 Å². The number of methoxy groups -OCH3 is 2. The largest absolute Gasteiger partial charge is 0.493 e. The van der Waals surface area contributed by atoms with E-state index in [1.807, 2.05) is 48.4 Å². The molecule has 7 heteroatoms. The Kier molecular flexibility index (Phi) is 8.54. The summed E-state index contributed by atoms with van der Waals surface area (Å²) < 4.78 is 16.2. The first-order valence-electron chi connectivity index (χ1n) is 8.99. The second-order valence-electron chi connectivity index (χ2n) is 6.58. The van der Waals surface area contributed by atoms with Crippen LogP contribution in [0.3, 0.4) is 0 Å². The molecule has 0 aliphatic carbocycles. The molecule has 0 atom stereocenters. The van der Waals surface area contributed by atoms with E-state index in [-0.39, 0.29) is 5.91 Å². The zero-order chi connectivity index (χ0) is 19.6. The lowest BCUT2D eigenvalue weighted by atomic mass is 10.1. The van der Waals surface area contributed by atoms with Gasteiger partial charge in [0.2, 0.25) is 5.91 Å². The molecule has 1 aromatic carbocycles. The van der Waals surface area contributed by atoms with Crippen LogP contribution in [0.2, 0.25) is 0 Å². The highest BCUT2D eigenvalue weighted by Gasteiger charge is 2.17. The van der Waals surface area contributed by atoms with Crippen molar-refractivity contribution in [2.24, 2.45) is 5.92 Å². The van der Waals surface area contributed by atoms with E-state index < -0.39 is 0 Å². The third-order valence-corrected chi connectivity index (χ3v) is 4.74. The Hall–Kier alpha value is -2.12. The molecule has 0 spiro atoms. The third kappa shape index (κ3) is 6.84. The molecule has 0 saturated heterocycles. The van der Waals surface area contributed by atoms with E-state index in [2.05, 4.69) is 4.98 Å². The Labute approximate surface area is 165 Å². The van der Waals surface area contributed by atoms with Gasteiger partial charge in [0.15, 0.2) is 11.5 Å². The maximum Gasteiger partial charge on any atom is 0.223 e. The van der Waals surface area contributed by atoms with E-state index >= 15 is 0 Å². The van der Waals surface area contributed by atoms with Gasteiger partial charge in [-0.3, -0.25) is 4.79 Å². The number of benzene rings is 1. The lowest BCUT2D eigenvalue weighted by Crippen LogP contribution is -2.34. The first kappa shape index (κ1) is 21.2. The van der Waals surface area contributed by atoms with Gasteiger partial charge >= 0.3 is 0 Å².